The van der Waals surface area contributed by atoms with Crippen LogP contribution in [0.15, 0.2) is 4.90 Å². The van der Waals surface area contributed by atoms with E-state index in [1.807, 2.05) is 0 Å². The van der Waals surface area contributed by atoms with E-state index < -0.39 is 10.0 Å². The Labute approximate surface area is 161 Å². The van der Waals surface area contributed by atoms with Crippen molar-refractivity contribution in [3.05, 3.63) is 11.4 Å². The molecule has 2 saturated heterocycles. The SMILES string of the molecule is Cc1n[nH]c(C)c1S(=O)(=O)N1CCCC(C(=O)NCCC2CCCNC2)C1. The van der Waals surface area contributed by atoms with Gasteiger partial charge in [0.25, 0.3) is 0 Å². The van der Waals surface area contributed by atoms with Crippen LogP contribution in [0.5, 0.6) is 0 Å². The number of nitrogens with zero attached hydrogens (tertiary/aromatic N) is 2. The van der Waals surface area contributed by atoms with Gasteiger partial charge in [0.05, 0.1) is 17.3 Å². The first kappa shape index (κ1) is 20.3. The average molecular weight is 398 g/mol. The molecule has 0 saturated carbocycles. The fourth-order valence-corrected chi connectivity index (χ4v) is 5.99. The molecule has 0 aromatic carbocycles. The molecule has 0 bridgehead atoms. The van der Waals surface area contributed by atoms with E-state index in [2.05, 4.69) is 20.8 Å². The minimum atomic E-state index is -3.63. The zero-order valence-electron chi connectivity index (χ0n) is 16.3. The summed E-state index contributed by atoms with van der Waals surface area (Å²) in [5.74, 6) is 0.305. The van der Waals surface area contributed by atoms with Crippen LogP contribution in [0, 0.1) is 25.7 Å². The number of aryl methyl sites for hydroxylation is 2. The van der Waals surface area contributed by atoms with Crippen LogP contribution in [0.1, 0.15) is 43.5 Å². The molecule has 1 amide bonds. The first-order valence-electron chi connectivity index (χ1n) is 9.89. The smallest absolute Gasteiger partial charge is 0.246 e. The van der Waals surface area contributed by atoms with E-state index in [0.717, 1.165) is 25.9 Å². The minimum Gasteiger partial charge on any atom is -0.356 e. The molecule has 2 aliphatic heterocycles. The summed E-state index contributed by atoms with van der Waals surface area (Å²) in [4.78, 5) is 12.8. The normalized spacial score (nSPS) is 24.7. The highest BCUT2D eigenvalue weighted by Gasteiger charge is 2.35. The van der Waals surface area contributed by atoms with Crippen LogP contribution in [0.25, 0.3) is 0 Å². The molecule has 152 valence electrons. The van der Waals surface area contributed by atoms with Gasteiger partial charge >= 0.3 is 0 Å². The van der Waals surface area contributed by atoms with Gasteiger partial charge in [0.15, 0.2) is 0 Å². The van der Waals surface area contributed by atoms with Crippen LogP contribution < -0.4 is 10.6 Å². The van der Waals surface area contributed by atoms with E-state index in [9.17, 15) is 13.2 Å². The Morgan fingerprint density at radius 1 is 1.30 bits per heavy atom. The van der Waals surface area contributed by atoms with Gasteiger partial charge in [-0.05, 0) is 65.0 Å². The van der Waals surface area contributed by atoms with Crippen LogP contribution in [0.2, 0.25) is 0 Å². The standard InChI is InChI=1S/C18H31N5O3S/c1-13-17(14(2)22-21-13)27(25,26)23-10-4-6-16(12-23)18(24)20-9-7-15-5-3-8-19-11-15/h15-16,19H,3-12H2,1-2H3,(H,20,24)(H,21,22). The molecule has 0 aliphatic carbocycles. The number of hydrogen-bond acceptors (Lipinski definition) is 5. The number of nitrogens with one attached hydrogen (secondary N) is 3. The van der Waals surface area contributed by atoms with Gasteiger partial charge in [0, 0.05) is 19.6 Å². The molecule has 3 N–H and O–H groups in total. The maximum Gasteiger partial charge on any atom is 0.246 e. The lowest BCUT2D eigenvalue weighted by Gasteiger charge is -2.31. The van der Waals surface area contributed by atoms with E-state index in [-0.39, 0.29) is 23.3 Å². The predicted molar refractivity (Wildman–Crippen MR) is 103 cm³/mol. The highest BCUT2D eigenvalue weighted by Crippen LogP contribution is 2.27. The Hall–Kier alpha value is -1.45. The van der Waals surface area contributed by atoms with E-state index in [4.69, 9.17) is 0 Å². The largest absolute Gasteiger partial charge is 0.356 e. The van der Waals surface area contributed by atoms with Gasteiger partial charge in [-0.25, -0.2) is 8.42 Å². The molecule has 3 rings (SSSR count). The molecule has 2 atom stereocenters. The molecule has 2 unspecified atom stereocenters. The van der Waals surface area contributed by atoms with E-state index in [1.165, 1.54) is 17.1 Å². The van der Waals surface area contributed by atoms with Crippen molar-refractivity contribution >= 4 is 15.9 Å². The summed E-state index contributed by atoms with van der Waals surface area (Å²) in [5.41, 5.74) is 1.01. The van der Waals surface area contributed by atoms with Gasteiger partial charge in [-0.3, -0.25) is 9.89 Å². The van der Waals surface area contributed by atoms with Gasteiger partial charge < -0.3 is 10.6 Å². The maximum absolute atomic E-state index is 13.0. The summed E-state index contributed by atoms with van der Waals surface area (Å²) in [5, 5.41) is 13.1. The lowest BCUT2D eigenvalue weighted by molar-refractivity contribution is -0.126. The Morgan fingerprint density at radius 2 is 2.11 bits per heavy atom. The van der Waals surface area contributed by atoms with E-state index >= 15 is 0 Å². The van der Waals surface area contributed by atoms with E-state index in [1.54, 1.807) is 13.8 Å². The molecule has 2 fully saturated rings. The predicted octanol–water partition coefficient (Wildman–Crippen LogP) is 0.933. The third-order valence-electron chi connectivity index (χ3n) is 5.66. The van der Waals surface area contributed by atoms with E-state index in [0.29, 0.717) is 36.8 Å². The lowest BCUT2D eigenvalue weighted by atomic mass is 9.95. The summed E-state index contributed by atoms with van der Waals surface area (Å²) >= 11 is 0. The van der Waals surface area contributed by atoms with Crippen molar-refractivity contribution in [1.82, 2.24) is 25.1 Å². The molecule has 2 aliphatic rings. The Morgan fingerprint density at radius 3 is 2.78 bits per heavy atom. The summed E-state index contributed by atoms with van der Waals surface area (Å²) in [6.45, 7) is 6.85. The number of aromatic amines is 1. The molecule has 0 spiro atoms. The number of hydrogen-bond donors (Lipinski definition) is 3. The molecule has 1 aromatic heterocycles. The molecular formula is C18H31N5O3S. The highest BCUT2D eigenvalue weighted by molar-refractivity contribution is 7.89. The number of rotatable bonds is 6. The monoisotopic (exact) mass is 397 g/mol. The van der Waals surface area contributed by atoms with Crippen molar-refractivity contribution in [2.45, 2.75) is 50.8 Å². The third kappa shape index (κ3) is 4.70. The first-order valence-corrected chi connectivity index (χ1v) is 11.3. The second-order valence-electron chi connectivity index (χ2n) is 7.76. The number of sulfonamides is 1. The van der Waals surface area contributed by atoms with Crippen LogP contribution in [0.4, 0.5) is 0 Å². The van der Waals surface area contributed by atoms with Crippen LogP contribution in [0.3, 0.4) is 0 Å². The molecule has 3 heterocycles. The van der Waals surface area contributed by atoms with Crippen LogP contribution in [-0.2, 0) is 14.8 Å². The van der Waals surface area contributed by atoms with Crippen molar-refractivity contribution in [3.63, 3.8) is 0 Å². The molecule has 8 nitrogen and oxygen atoms in total. The number of piperidine rings is 2. The van der Waals surface area contributed by atoms with Gasteiger partial charge in [-0.2, -0.15) is 9.40 Å². The maximum atomic E-state index is 13.0. The Balaban J connectivity index is 1.56. The summed E-state index contributed by atoms with van der Waals surface area (Å²) < 4.78 is 27.5. The molecule has 9 heteroatoms. The summed E-state index contributed by atoms with van der Waals surface area (Å²) in [6, 6.07) is 0. The van der Waals surface area contributed by atoms with Crippen molar-refractivity contribution in [2.24, 2.45) is 11.8 Å². The second-order valence-corrected chi connectivity index (χ2v) is 9.63. The number of carbonyl (C=O) groups is 1. The van der Waals surface area contributed by atoms with Gasteiger partial charge in [-0.15, -0.1) is 0 Å². The molecule has 0 radical (unpaired) electrons. The Kier molecular flexibility index (Phi) is 6.54. The minimum absolute atomic E-state index is 0.0284. The van der Waals surface area contributed by atoms with Crippen molar-refractivity contribution < 1.29 is 13.2 Å². The number of aromatic nitrogens is 2. The number of H-pyrrole nitrogens is 1. The van der Waals surface area contributed by atoms with Crippen molar-refractivity contribution in [3.8, 4) is 0 Å². The topological polar surface area (TPSA) is 107 Å². The quantitative estimate of drug-likeness (QED) is 0.662. The lowest BCUT2D eigenvalue weighted by Crippen LogP contribution is -2.46. The number of amides is 1. The van der Waals surface area contributed by atoms with Crippen molar-refractivity contribution in [1.29, 1.82) is 0 Å². The molecule has 1 aromatic rings. The fourth-order valence-electron chi connectivity index (χ4n) is 4.14. The third-order valence-corrected chi connectivity index (χ3v) is 7.79. The Bertz CT molecular complexity index is 736. The average Bonchev–Trinajstić information content (AvgIpc) is 3.01. The second kappa shape index (κ2) is 8.70. The zero-order valence-corrected chi connectivity index (χ0v) is 17.1. The highest BCUT2D eigenvalue weighted by atomic mass is 32.2. The zero-order chi connectivity index (χ0) is 19.4. The molecular weight excluding hydrogens is 366 g/mol. The van der Waals surface area contributed by atoms with Crippen LogP contribution in [-0.4, -0.2) is 61.6 Å². The van der Waals surface area contributed by atoms with Gasteiger partial charge in [0.1, 0.15) is 4.90 Å². The summed E-state index contributed by atoms with van der Waals surface area (Å²) in [7, 11) is -3.63. The van der Waals surface area contributed by atoms with Crippen LogP contribution >= 0.6 is 0 Å². The molecule has 27 heavy (non-hydrogen) atoms. The first-order chi connectivity index (χ1) is 12.9. The summed E-state index contributed by atoms with van der Waals surface area (Å²) in [6.07, 6.45) is 4.80. The van der Waals surface area contributed by atoms with Crippen molar-refractivity contribution in [2.75, 3.05) is 32.7 Å². The van der Waals surface area contributed by atoms with Gasteiger partial charge in [0.2, 0.25) is 15.9 Å². The number of carbonyl (C=O) groups excluding carboxylic acids is 1. The fraction of sp³-hybridized carbons (Fsp3) is 0.778. The van der Waals surface area contributed by atoms with Gasteiger partial charge in [-0.1, -0.05) is 0 Å².